The van der Waals surface area contributed by atoms with Crippen LogP contribution in [0.2, 0.25) is 0 Å². The molecule has 0 spiro atoms. The Bertz CT molecular complexity index is 252. The van der Waals surface area contributed by atoms with Gasteiger partial charge < -0.3 is 15.8 Å². The van der Waals surface area contributed by atoms with Gasteiger partial charge in [-0.05, 0) is 24.3 Å². The van der Waals surface area contributed by atoms with E-state index in [-0.39, 0.29) is 11.9 Å². The fourth-order valence-electron chi connectivity index (χ4n) is 1.32. The van der Waals surface area contributed by atoms with Crippen molar-refractivity contribution in [1.29, 1.82) is 0 Å². The molecule has 60 valence electrons. The van der Waals surface area contributed by atoms with Crippen LogP contribution in [0.15, 0.2) is 12.3 Å². The first-order chi connectivity index (χ1) is 5.27. The monoisotopic (exact) mass is 152 g/mol. The van der Waals surface area contributed by atoms with Crippen molar-refractivity contribution >= 4 is 0 Å². The summed E-state index contributed by atoms with van der Waals surface area (Å²) in [6.45, 7) is 0. The molecular formula is C8H12N2O. The minimum Gasteiger partial charge on any atom is -0.495 e. The van der Waals surface area contributed by atoms with Gasteiger partial charge in [0.15, 0.2) is 5.88 Å². The molecule has 0 amide bonds. The Morgan fingerprint density at radius 2 is 2.36 bits per heavy atom. The van der Waals surface area contributed by atoms with Gasteiger partial charge in [-0.2, -0.15) is 0 Å². The number of hydrogen-bond donors (Lipinski definition) is 3. The maximum Gasteiger partial charge on any atom is 0.188 e. The van der Waals surface area contributed by atoms with Crippen molar-refractivity contribution in [2.75, 3.05) is 0 Å². The second kappa shape index (κ2) is 2.27. The van der Waals surface area contributed by atoms with Crippen molar-refractivity contribution in [3.05, 3.63) is 17.8 Å². The number of H-pyrrole nitrogens is 1. The van der Waals surface area contributed by atoms with Crippen LogP contribution in [0, 0.1) is 5.92 Å². The summed E-state index contributed by atoms with van der Waals surface area (Å²) in [6, 6.07) is 1.82. The smallest absolute Gasteiger partial charge is 0.188 e. The van der Waals surface area contributed by atoms with Crippen molar-refractivity contribution in [1.82, 2.24) is 4.98 Å². The predicted octanol–water partition coefficient (Wildman–Crippen LogP) is 1.13. The van der Waals surface area contributed by atoms with Gasteiger partial charge in [0.25, 0.3) is 0 Å². The van der Waals surface area contributed by atoms with Gasteiger partial charge in [-0.15, -0.1) is 0 Å². The van der Waals surface area contributed by atoms with Gasteiger partial charge in [-0.3, -0.25) is 0 Å². The number of nitrogens with two attached hydrogens (primary N) is 1. The number of rotatable bonds is 2. The van der Waals surface area contributed by atoms with Crippen molar-refractivity contribution in [2.24, 2.45) is 11.7 Å². The molecule has 0 aromatic carbocycles. The van der Waals surface area contributed by atoms with Gasteiger partial charge in [0.05, 0.1) is 0 Å². The Morgan fingerprint density at radius 3 is 2.82 bits per heavy atom. The van der Waals surface area contributed by atoms with E-state index in [2.05, 4.69) is 4.98 Å². The summed E-state index contributed by atoms with van der Waals surface area (Å²) in [4.78, 5) is 2.71. The normalized spacial score (nSPS) is 20.1. The zero-order valence-corrected chi connectivity index (χ0v) is 6.25. The molecule has 0 bridgehead atoms. The van der Waals surface area contributed by atoms with Gasteiger partial charge in [-0.1, -0.05) is 0 Å². The molecule has 0 unspecified atom stereocenters. The molecule has 1 saturated carbocycles. The molecule has 1 heterocycles. The minimum absolute atomic E-state index is 0.118. The maximum absolute atomic E-state index is 8.99. The number of aromatic amines is 1. The third-order valence-electron chi connectivity index (χ3n) is 2.20. The SMILES string of the molecule is N[C@@H](c1c[nH]c(O)c1)C1CC1. The molecule has 1 atom stereocenters. The summed E-state index contributed by atoms with van der Waals surface area (Å²) in [5, 5.41) is 8.99. The molecule has 1 aromatic rings. The van der Waals surface area contributed by atoms with Crippen LogP contribution < -0.4 is 5.73 Å². The van der Waals surface area contributed by atoms with E-state index in [1.165, 1.54) is 12.8 Å². The van der Waals surface area contributed by atoms with Crippen LogP contribution in [0.1, 0.15) is 24.4 Å². The highest BCUT2D eigenvalue weighted by molar-refractivity contribution is 5.24. The topological polar surface area (TPSA) is 62.0 Å². The summed E-state index contributed by atoms with van der Waals surface area (Å²) < 4.78 is 0. The average molecular weight is 152 g/mol. The average Bonchev–Trinajstić information content (AvgIpc) is 2.74. The Hall–Kier alpha value is -0.960. The fourth-order valence-corrected chi connectivity index (χ4v) is 1.32. The second-order valence-corrected chi connectivity index (χ2v) is 3.18. The standard InChI is InChI=1S/C8H12N2O/c9-8(5-1-2-5)6-3-7(11)10-4-6/h3-5,8,10-11H,1-2,9H2/t8-/m1/s1. The van der Waals surface area contributed by atoms with Crippen LogP contribution in [-0.4, -0.2) is 10.1 Å². The zero-order valence-electron chi connectivity index (χ0n) is 6.25. The lowest BCUT2D eigenvalue weighted by molar-refractivity contribution is 0.456. The second-order valence-electron chi connectivity index (χ2n) is 3.18. The van der Waals surface area contributed by atoms with Crippen molar-refractivity contribution < 1.29 is 5.11 Å². The van der Waals surface area contributed by atoms with E-state index in [1.807, 2.05) is 0 Å². The largest absolute Gasteiger partial charge is 0.495 e. The van der Waals surface area contributed by atoms with Crippen LogP contribution in [0.3, 0.4) is 0 Å². The number of hydrogen-bond acceptors (Lipinski definition) is 2. The van der Waals surface area contributed by atoms with E-state index in [9.17, 15) is 0 Å². The molecule has 3 nitrogen and oxygen atoms in total. The van der Waals surface area contributed by atoms with E-state index in [0.29, 0.717) is 5.92 Å². The summed E-state index contributed by atoms with van der Waals surface area (Å²) in [5.74, 6) is 0.848. The van der Waals surface area contributed by atoms with Crippen molar-refractivity contribution in [3.8, 4) is 5.88 Å². The molecule has 1 aliphatic carbocycles. The lowest BCUT2D eigenvalue weighted by atomic mass is 10.1. The molecule has 0 saturated heterocycles. The van der Waals surface area contributed by atoms with Gasteiger partial charge in [-0.25, -0.2) is 0 Å². The minimum atomic E-state index is 0.118. The number of nitrogens with one attached hydrogen (secondary N) is 1. The molecule has 1 aliphatic rings. The van der Waals surface area contributed by atoms with Crippen LogP contribution in [0.25, 0.3) is 0 Å². The summed E-state index contributed by atoms with van der Waals surface area (Å²) in [7, 11) is 0. The molecular weight excluding hydrogens is 140 g/mol. The molecule has 4 N–H and O–H groups in total. The Kier molecular flexibility index (Phi) is 1.39. The predicted molar refractivity (Wildman–Crippen MR) is 42.1 cm³/mol. The Labute approximate surface area is 65.2 Å². The molecule has 2 rings (SSSR count). The van der Waals surface area contributed by atoms with Crippen molar-refractivity contribution in [2.45, 2.75) is 18.9 Å². The van der Waals surface area contributed by atoms with E-state index < -0.39 is 0 Å². The van der Waals surface area contributed by atoms with Gasteiger partial charge in [0.1, 0.15) is 0 Å². The van der Waals surface area contributed by atoms with E-state index >= 15 is 0 Å². The first-order valence-electron chi connectivity index (χ1n) is 3.90. The van der Waals surface area contributed by atoms with Crippen LogP contribution in [-0.2, 0) is 0 Å². The van der Waals surface area contributed by atoms with Crippen LogP contribution >= 0.6 is 0 Å². The Balaban J connectivity index is 2.14. The molecule has 0 radical (unpaired) electrons. The summed E-state index contributed by atoms with van der Waals surface area (Å²) in [6.07, 6.45) is 4.23. The highest BCUT2D eigenvalue weighted by atomic mass is 16.3. The highest BCUT2D eigenvalue weighted by Gasteiger charge is 2.29. The lowest BCUT2D eigenvalue weighted by Gasteiger charge is -2.05. The molecule has 0 aliphatic heterocycles. The quantitative estimate of drug-likeness (QED) is 0.594. The highest BCUT2D eigenvalue weighted by Crippen LogP contribution is 2.39. The van der Waals surface area contributed by atoms with Gasteiger partial charge in [0.2, 0.25) is 0 Å². The molecule has 3 heteroatoms. The third-order valence-corrected chi connectivity index (χ3v) is 2.20. The first kappa shape index (κ1) is 6.73. The molecule has 11 heavy (non-hydrogen) atoms. The van der Waals surface area contributed by atoms with Crippen LogP contribution in [0.4, 0.5) is 0 Å². The van der Waals surface area contributed by atoms with E-state index in [4.69, 9.17) is 10.8 Å². The lowest BCUT2D eigenvalue weighted by Crippen LogP contribution is -2.10. The summed E-state index contributed by atoms with van der Waals surface area (Å²) in [5.41, 5.74) is 6.90. The number of aromatic hydroxyl groups is 1. The fraction of sp³-hybridized carbons (Fsp3) is 0.500. The maximum atomic E-state index is 8.99. The van der Waals surface area contributed by atoms with Gasteiger partial charge >= 0.3 is 0 Å². The first-order valence-corrected chi connectivity index (χ1v) is 3.90. The Morgan fingerprint density at radius 1 is 1.64 bits per heavy atom. The van der Waals surface area contributed by atoms with Gasteiger partial charge in [0, 0.05) is 18.3 Å². The van der Waals surface area contributed by atoms with Crippen molar-refractivity contribution in [3.63, 3.8) is 0 Å². The number of aromatic nitrogens is 1. The molecule has 1 aromatic heterocycles. The third kappa shape index (κ3) is 1.24. The van der Waals surface area contributed by atoms with E-state index in [1.54, 1.807) is 12.3 Å². The van der Waals surface area contributed by atoms with Crippen LogP contribution in [0.5, 0.6) is 5.88 Å². The summed E-state index contributed by atoms with van der Waals surface area (Å²) >= 11 is 0. The molecule has 1 fully saturated rings. The zero-order chi connectivity index (χ0) is 7.84. The van der Waals surface area contributed by atoms with E-state index in [0.717, 1.165) is 5.56 Å².